The molecule has 0 amide bonds. The Labute approximate surface area is 76.8 Å². The zero-order valence-corrected chi connectivity index (χ0v) is 8.05. The van der Waals surface area contributed by atoms with Gasteiger partial charge in [0.25, 0.3) is 0 Å². The first-order valence-corrected chi connectivity index (χ1v) is 5.41. The molecule has 1 aliphatic rings. The van der Waals surface area contributed by atoms with Crippen LogP contribution < -0.4 is 5.73 Å². The maximum absolute atomic E-state index is 6.05. The van der Waals surface area contributed by atoms with Crippen LogP contribution in [0.4, 0.5) is 0 Å². The third-order valence-electron chi connectivity index (χ3n) is 2.76. The third kappa shape index (κ3) is 1.39. The highest BCUT2D eigenvalue weighted by atomic mass is 32.1. The average molecular weight is 182 g/mol. The van der Waals surface area contributed by atoms with Crippen molar-refractivity contribution in [2.75, 3.05) is 0 Å². The van der Waals surface area contributed by atoms with E-state index in [0.717, 1.165) is 11.6 Å². The summed E-state index contributed by atoms with van der Waals surface area (Å²) in [5.74, 6) is 1.57. The van der Waals surface area contributed by atoms with Gasteiger partial charge in [0.2, 0.25) is 0 Å². The second-order valence-electron chi connectivity index (χ2n) is 3.51. The van der Waals surface area contributed by atoms with E-state index in [9.17, 15) is 0 Å². The second-order valence-corrected chi connectivity index (χ2v) is 4.23. The van der Waals surface area contributed by atoms with E-state index in [1.807, 2.05) is 5.51 Å². The highest BCUT2D eigenvalue weighted by Gasteiger charge is 2.40. The van der Waals surface area contributed by atoms with E-state index >= 15 is 0 Å². The zero-order chi connectivity index (χ0) is 8.55. The number of hydrogen-bond donors (Lipinski definition) is 1. The van der Waals surface area contributed by atoms with E-state index < -0.39 is 0 Å². The minimum absolute atomic E-state index is 0.196. The fourth-order valence-electron chi connectivity index (χ4n) is 1.79. The molecular weight excluding hydrogens is 168 g/mol. The normalized spacial score (nSPS) is 30.2. The van der Waals surface area contributed by atoms with Gasteiger partial charge in [-0.15, -0.1) is 11.3 Å². The maximum atomic E-state index is 6.05. The van der Waals surface area contributed by atoms with E-state index in [0.29, 0.717) is 5.92 Å². The van der Waals surface area contributed by atoms with E-state index in [-0.39, 0.29) is 6.04 Å². The van der Waals surface area contributed by atoms with E-state index in [2.05, 4.69) is 17.3 Å². The van der Waals surface area contributed by atoms with Crippen molar-refractivity contribution in [2.24, 2.45) is 17.6 Å². The van der Waals surface area contributed by atoms with E-state index in [1.165, 1.54) is 12.8 Å². The van der Waals surface area contributed by atoms with Gasteiger partial charge in [-0.05, 0) is 18.3 Å². The van der Waals surface area contributed by atoms with Crippen LogP contribution in [0.2, 0.25) is 0 Å². The van der Waals surface area contributed by atoms with Gasteiger partial charge >= 0.3 is 0 Å². The molecule has 3 heteroatoms. The molecule has 12 heavy (non-hydrogen) atoms. The number of aromatic nitrogens is 1. The summed E-state index contributed by atoms with van der Waals surface area (Å²) < 4.78 is 0. The average Bonchev–Trinajstić information content (AvgIpc) is 2.68. The molecule has 0 bridgehead atoms. The Morgan fingerprint density at radius 3 is 3.17 bits per heavy atom. The van der Waals surface area contributed by atoms with Crippen LogP contribution in [-0.2, 0) is 0 Å². The quantitative estimate of drug-likeness (QED) is 0.778. The molecule has 0 radical (unpaired) electrons. The lowest BCUT2D eigenvalue weighted by Crippen LogP contribution is -2.13. The number of thiazole rings is 1. The van der Waals surface area contributed by atoms with Crippen LogP contribution >= 0.6 is 11.3 Å². The Hall–Kier alpha value is -0.410. The molecule has 1 aliphatic carbocycles. The summed E-state index contributed by atoms with van der Waals surface area (Å²) in [6.07, 6.45) is 2.57. The van der Waals surface area contributed by atoms with Crippen molar-refractivity contribution in [3.8, 4) is 0 Å². The zero-order valence-electron chi connectivity index (χ0n) is 7.23. The third-order valence-corrected chi connectivity index (χ3v) is 3.36. The number of nitrogens with two attached hydrogens (primary N) is 1. The van der Waals surface area contributed by atoms with Crippen molar-refractivity contribution in [1.82, 2.24) is 4.98 Å². The van der Waals surface area contributed by atoms with Crippen molar-refractivity contribution in [1.29, 1.82) is 0 Å². The van der Waals surface area contributed by atoms with E-state index in [1.54, 1.807) is 11.3 Å². The van der Waals surface area contributed by atoms with E-state index in [4.69, 9.17) is 5.73 Å². The van der Waals surface area contributed by atoms with Crippen molar-refractivity contribution in [2.45, 2.75) is 25.8 Å². The molecule has 2 nitrogen and oxygen atoms in total. The summed E-state index contributed by atoms with van der Waals surface area (Å²) in [5.41, 5.74) is 9.00. The molecule has 1 saturated carbocycles. The highest BCUT2D eigenvalue weighted by molar-refractivity contribution is 7.07. The fourth-order valence-corrected chi connectivity index (χ4v) is 2.39. The lowest BCUT2D eigenvalue weighted by Gasteiger charge is -2.06. The van der Waals surface area contributed by atoms with Crippen LogP contribution in [0.25, 0.3) is 0 Å². The van der Waals surface area contributed by atoms with Crippen LogP contribution in [-0.4, -0.2) is 4.98 Å². The maximum Gasteiger partial charge on any atom is 0.0795 e. The van der Waals surface area contributed by atoms with Gasteiger partial charge in [-0.3, -0.25) is 0 Å². The molecule has 1 fully saturated rings. The molecule has 1 aromatic rings. The minimum atomic E-state index is 0.196. The van der Waals surface area contributed by atoms with Crippen molar-refractivity contribution >= 4 is 11.3 Å². The summed E-state index contributed by atoms with van der Waals surface area (Å²) >= 11 is 1.63. The first-order valence-electron chi connectivity index (χ1n) is 4.46. The van der Waals surface area contributed by atoms with Crippen LogP contribution in [0.15, 0.2) is 10.9 Å². The second kappa shape index (κ2) is 3.15. The van der Waals surface area contributed by atoms with Crippen LogP contribution in [0.5, 0.6) is 0 Å². The number of hydrogen-bond acceptors (Lipinski definition) is 3. The largest absolute Gasteiger partial charge is 0.322 e. The fraction of sp³-hybridized carbons (Fsp3) is 0.667. The molecule has 0 aliphatic heterocycles. The molecule has 1 unspecified atom stereocenters. The standard InChI is InChI=1S/C9H14N2S/c1-2-6-3-7(6)9(10)8-4-12-5-11-8/h4-7,9H,2-3,10H2,1H3/t6-,7-,9?/m1/s1. The summed E-state index contributed by atoms with van der Waals surface area (Å²) in [6, 6.07) is 0.196. The molecular formula is C9H14N2S. The number of rotatable bonds is 3. The molecule has 1 aromatic heterocycles. The SMILES string of the molecule is CC[C@@H]1C[C@H]1C(N)c1cscn1. The molecule has 2 N–H and O–H groups in total. The van der Waals surface area contributed by atoms with Gasteiger partial charge in [0.1, 0.15) is 0 Å². The highest BCUT2D eigenvalue weighted by Crippen LogP contribution is 2.47. The molecule has 66 valence electrons. The Balaban J connectivity index is 1.99. The summed E-state index contributed by atoms with van der Waals surface area (Å²) in [5, 5.41) is 2.07. The predicted octanol–water partition coefficient (Wildman–Crippen LogP) is 2.19. The molecule has 0 spiro atoms. The Morgan fingerprint density at radius 2 is 2.67 bits per heavy atom. The smallest absolute Gasteiger partial charge is 0.0795 e. The first kappa shape index (κ1) is 8.20. The first-order chi connectivity index (χ1) is 5.83. The Kier molecular flexibility index (Phi) is 2.15. The van der Waals surface area contributed by atoms with Crippen LogP contribution in [0.3, 0.4) is 0 Å². The Morgan fingerprint density at radius 1 is 1.83 bits per heavy atom. The van der Waals surface area contributed by atoms with Gasteiger partial charge < -0.3 is 5.73 Å². The van der Waals surface area contributed by atoms with Crippen molar-refractivity contribution in [3.05, 3.63) is 16.6 Å². The van der Waals surface area contributed by atoms with Gasteiger partial charge in [-0.25, -0.2) is 4.98 Å². The monoisotopic (exact) mass is 182 g/mol. The van der Waals surface area contributed by atoms with Crippen LogP contribution in [0.1, 0.15) is 31.5 Å². The predicted molar refractivity (Wildman–Crippen MR) is 50.9 cm³/mol. The van der Waals surface area contributed by atoms with Gasteiger partial charge in [-0.1, -0.05) is 13.3 Å². The molecule has 0 saturated heterocycles. The van der Waals surface area contributed by atoms with Gasteiger partial charge in [-0.2, -0.15) is 0 Å². The van der Waals surface area contributed by atoms with Gasteiger partial charge in [0.05, 0.1) is 17.2 Å². The number of nitrogens with zero attached hydrogens (tertiary/aromatic N) is 1. The van der Waals surface area contributed by atoms with Gasteiger partial charge in [0.15, 0.2) is 0 Å². The minimum Gasteiger partial charge on any atom is -0.322 e. The summed E-state index contributed by atoms with van der Waals surface area (Å²) in [6.45, 7) is 2.23. The summed E-state index contributed by atoms with van der Waals surface area (Å²) in [4.78, 5) is 4.24. The van der Waals surface area contributed by atoms with Crippen molar-refractivity contribution in [3.63, 3.8) is 0 Å². The molecule has 0 aromatic carbocycles. The van der Waals surface area contributed by atoms with Crippen molar-refractivity contribution < 1.29 is 0 Å². The Bertz CT molecular complexity index is 245. The lowest BCUT2D eigenvalue weighted by atomic mass is 10.1. The van der Waals surface area contributed by atoms with Crippen LogP contribution in [0, 0.1) is 11.8 Å². The van der Waals surface area contributed by atoms with Gasteiger partial charge in [0, 0.05) is 5.38 Å². The lowest BCUT2D eigenvalue weighted by molar-refractivity contribution is 0.557. The molecule has 3 atom stereocenters. The topological polar surface area (TPSA) is 38.9 Å². The molecule has 2 rings (SSSR count). The summed E-state index contributed by atoms with van der Waals surface area (Å²) in [7, 11) is 0. The molecule has 1 heterocycles.